The molecule has 0 saturated heterocycles. The molecule has 0 radical (unpaired) electrons. The van der Waals surface area contributed by atoms with E-state index in [1.165, 1.54) is 23.2 Å². The van der Waals surface area contributed by atoms with Gasteiger partial charge in [0.25, 0.3) is 6.01 Å². The Hall–Kier alpha value is -4.21. The average Bonchev–Trinajstić information content (AvgIpc) is 3.49. The quantitative estimate of drug-likeness (QED) is 0.486. The van der Waals surface area contributed by atoms with Crippen molar-refractivity contribution < 1.29 is 27.2 Å². The summed E-state index contributed by atoms with van der Waals surface area (Å²) in [6.07, 6.45) is 4.39. The Labute approximate surface area is 167 Å². The van der Waals surface area contributed by atoms with Crippen molar-refractivity contribution >= 4 is 23.6 Å². The second-order valence-electron chi connectivity index (χ2n) is 6.40. The van der Waals surface area contributed by atoms with Gasteiger partial charge in [-0.2, -0.15) is 4.98 Å². The molecule has 0 bridgehead atoms. The van der Waals surface area contributed by atoms with E-state index in [1.54, 1.807) is 31.2 Å². The first kappa shape index (κ1) is 17.9. The minimum absolute atomic E-state index is 0.0452. The van der Waals surface area contributed by atoms with E-state index in [9.17, 15) is 9.59 Å². The highest BCUT2D eigenvalue weighted by molar-refractivity contribution is 6.12. The number of hydrogen-bond acceptors (Lipinski definition) is 9. The van der Waals surface area contributed by atoms with Gasteiger partial charge in [-0.3, -0.25) is 0 Å². The monoisotopic (exact) mass is 409 g/mol. The number of furan rings is 2. The lowest BCUT2D eigenvalue weighted by Crippen LogP contribution is -2.37. The number of fused-ring (bicyclic) bond motifs is 3. The number of carbonyl (C=O) groups excluding carboxylic acids is 1. The molecule has 0 spiro atoms. The van der Waals surface area contributed by atoms with Gasteiger partial charge in [-0.15, -0.1) is 0 Å². The zero-order valence-electron chi connectivity index (χ0n) is 15.7. The predicted molar refractivity (Wildman–Crippen MR) is 101 cm³/mol. The number of carbonyl (C=O) groups is 1. The molecule has 10 nitrogen and oxygen atoms in total. The number of nitrogen functional groups attached to an aromatic ring is 1. The van der Waals surface area contributed by atoms with Gasteiger partial charge in [-0.25, -0.2) is 14.2 Å². The standard InChI is InChI=1S/C20H15N3O7/c1-2-26-19(25)14-13(12-6-4-8-28-12)15-17(30-20(21)22-15)23-11(18(24)29-16(14)23)9-10-5-3-7-27-10/h3-9,13H,2H2,1H3,(H2,21,22)/b11-9+/t13-/m1/s1. The lowest BCUT2D eigenvalue weighted by Gasteiger charge is -2.19. The molecule has 152 valence electrons. The largest absolute Gasteiger partial charge is 0.468 e. The molecular formula is C20H15N3O7. The summed E-state index contributed by atoms with van der Waals surface area (Å²) in [7, 11) is 0. The van der Waals surface area contributed by atoms with E-state index in [1.807, 2.05) is 0 Å². The van der Waals surface area contributed by atoms with Crippen molar-refractivity contribution in [1.82, 2.24) is 9.55 Å². The second-order valence-corrected chi connectivity index (χ2v) is 6.40. The molecule has 4 aromatic rings. The van der Waals surface area contributed by atoms with Crippen molar-refractivity contribution in [3.63, 3.8) is 0 Å². The number of oxazole rings is 2. The summed E-state index contributed by atoms with van der Waals surface area (Å²) in [5.41, 5.74) is 5.40. The fraction of sp³-hybridized carbons (Fsp3) is 0.150. The second kappa shape index (κ2) is 6.69. The molecule has 5 rings (SSSR count). The van der Waals surface area contributed by atoms with Crippen LogP contribution in [0.25, 0.3) is 17.5 Å². The Morgan fingerprint density at radius 3 is 2.77 bits per heavy atom. The van der Waals surface area contributed by atoms with Crippen molar-refractivity contribution in [2.75, 3.05) is 12.3 Å². The fourth-order valence-electron chi connectivity index (χ4n) is 3.49. The van der Waals surface area contributed by atoms with E-state index in [0.717, 1.165) is 0 Å². The maximum atomic E-state index is 12.9. The van der Waals surface area contributed by atoms with Gasteiger partial charge in [0.1, 0.15) is 34.1 Å². The third-order valence-corrected chi connectivity index (χ3v) is 4.63. The van der Waals surface area contributed by atoms with Crippen LogP contribution >= 0.6 is 0 Å². The molecule has 0 unspecified atom stereocenters. The molecule has 0 aromatic carbocycles. The van der Waals surface area contributed by atoms with Crippen LogP contribution in [0.4, 0.5) is 6.01 Å². The van der Waals surface area contributed by atoms with E-state index < -0.39 is 17.5 Å². The van der Waals surface area contributed by atoms with E-state index in [4.69, 9.17) is 28.1 Å². The number of nitrogens with zero attached hydrogens (tertiary/aromatic N) is 2. The van der Waals surface area contributed by atoms with Crippen LogP contribution in [0.3, 0.4) is 0 Å². The molecule has 2 N–H and O–H groups in total. The summed E-state index contributed by atoms with van der Waals surface area (Å²) >= 11 is 0. The predicted octanol–water partition coefficient (Wildman–Crippen LogP) is 0.875. The van der Waals surface area contributed by atoms with Crippen LogP contribution in [-0.2, 0) is 9.53 Å². The van der Waals surface area contributed by atoms with Gasteiger partial charge in [0.2, 0.25) is 11.4 Å². The summed E-state index contributed by atoms with van der Waals surface area (Å²) in [6, 6.07) is 6.54. The van der Waals surface area contributed by atoms with Crippen LogP contribution in [0.1, 0.15) is 30.1 Å². The minimum Gasteiger partial charge on any atom is -0.468 e. The van der Waals surface area contributed by atoms with E-state index >= 15 is 0 Å². The Morgan fingerprint density at radius 1 is 1.27 bits per heavy atom. The first-order chi connectivity index (χ1) is 14.6. The van der Waals surface area contributed by atoms with Crippen molar-refractivity contribution in [2.24, 2.45) is 0 Å². The molecule has 30 heavy (non-hydrogen) atoms. The number of esters is 1. The molecule has 1 aliphatic rings. The van der Waals surface area contributed by atoms with Gasteiger partial charge in [0.15, 0.2) is 0 Å². The molecule has 0 saturated carbocycles. The molecule has 5 heterocycles. The first-order valence-corrected chi connectivity index (χ1v) is 9.07. The fourth-order valence-corrected chi connectivity index (χ4v) is 3.49. The third kappa shape index (κ3) is 2.61. The third-order valence-electron chi connectivity index (χ3n) is 4.63. The highest BCUT2D eigenvalue weighted by Gasteiger charge is 2.41. The van der Waals surface area contributed by atoms with Crippen LogP contribution < -0.4 is 22.3 Å². The summed E-state index contributed by atoms with van der Waals surface area (Å²) in [5.74, 6) is -0.585. The van der Waals surface area contributed by atoms with Gasteiger partial charge in [0, 0.05) is 6.08 Å². The maximum Gasteiger partial charge on any atom is 0.362 e. The van der Waals surface area contributed by atoms with Crippen molar-refractivity contribution in [2.45, 2.75) is 12.8 Å². The first-order valence-electron chi connectivity index (χ1n) is 9.07. The van der Waals surface area contributed by atoms with E-state index in [0.29, 0.717) is 11.5 Å². The molecule has 1 atom stereocenters. The topological polar surface area (TPSA) is 140 Å². The number of aromatic nitrogens is 2. The molecule has 1 aliphatic heterocycles. The molecule has 0 aliphatic carbocycles. The molecular weight excluding hydrogens is 394 g/mol. The zero-order chi connectivity index (χ0) is 20.8. The number of hydrogen-bond donors (Lipinski definition) is 1. The Balaban J connectivity index is 1.93. The Morgan fingerprint density at radius 2 is 2.07 bits per heavy atom. The average molecular weight is 409 g/mol. The van der Waals surface area contributed by atoms with E-state index in [2.05, 4.69) is 4.98 Å². The Bertz CT molecular complexity index is 1400. The number of anilines is 1. The van der Waals surface area contributed by atoms with Gasteiger partial charge in [0.05, 0.1) is 19.1 Å². The van der Waals surface area contributed by atoms with Crippen molar-refractivity contribution in [3.8, 4) is 5.88 Å². The molecule has 0 fully saturated rings. The molecule has 10 heteroatoms. The van der Waals surface area contributed by atoms with Crippen molar-refractivity contribution in [1.29, 1.82) is 0 Å². The van der Waals surface area contributed by atoms with Gasteiger partial charge < -0.3 is 28.1 Å². The maximum absolute atomic E-state index is 12.9. The van der Waals surface area contributed by atoms with Crippen LogP contribution in [-0.4, -0.2) is 22.1 Å². The minimum atomic E-state index is -0.836. The summed E-state index contributed by atoms with van der Waals surface area (Å²) in [5, 5.41) is 0.0667. The number of rotatable bonds is 4. The SMILES string of the molecule is CCOC(=O)C1=c2oc(=O)/c(=C\c3ccco3)n2-c2oc(N)nc2[C@@H]1c1ccco1. The normalized spacial score (nSPS) is 15.8. The van der Waals surface area contributed by atoms with Gasteiger partial charge in [-0.05, 0) is 31.2 Å². The smallest absolute Gasteiger partial charge is 0.362 e. The van der Waals surface area contributed by atoms with Crippen LogP contribution in [0.5, 0.6) is 0 Å². The summed E-state index contributed by atoms with van der Waals surface area (Å²) < 4.78 is 28.5. The van der Waals surface area contributed by atoms with Crippen LogP contribution in [0.2, 0.25) is 0 Å². The zero-order valence-corrected chi connectivity index (χ0v) is 15.7. The van der Waals surface area contributed by atoms with Gasteiger partial charge >= 0.3 is 11.6 Å². The van der Waals surface area contributed by atoms with E-state index in [-0.39, 0.29) is 40.7 Å². The van der Waals surface area contributed by atoms with Gasteiger partial charge in [-0.1, -0.05) is 0 Å². The highest BCUT2D eigenvalue weighted by atomic mass is 16.5. The number of ether oxygens (including phenoxy) is 1. The summed E-state index contributed by atoms with van der Waals surface area (Å²) in [6.45, 7) is 1.80. The molecule has 0 amide bonds. The lowest BCUT2D eigenvalue weighted by molar-refractivity contribution is -0.136. The Kier molecular flexibility index (Phi) is 3.98. The van der Waals surface area contributed by atoms with Crippen molar-refractivity contribution in [3.05, 3.63) is 75.3 Å². The molecule has 4 aromatic heterocycles. The summed E-state index contributed by atoms with van der Waals surface area (Å²) in [4.78, 5) is 29.9. The number of nitrogens with two attached hydrogens (primary N) is 1. The van der Waals surface area contributed by atoms with Crippen LogP contribution in [0, 0.1) is 0 Å². The lowest BCUT2D eigenvalue weighted by atomic mass is 9.91. The highest BCUT2D eigenvalue weighted by Crippen LogP contribution is 2.38. The van der Waals surface area contributed by atoms with Crippen LogP contribution in [0.15, 0.2) is 59.3 Å².